The van der Waals surface area contributed by atoms with Crippen LogP contribution in [-0.4, -0.2) is 4.57 Å². The number of hydrogen-bond donors (Lipinski definition) is 3. The quantitative estimate of drug-likeness (QED) is 0.164. The number of hydrogen-bond acceptors (Lipinski definition) is 5. The zero-order valence-corrected chi connectivity index (χ0v) is 31.6. The van der Waals surface area contributed by atoms with E-state index < -0.39 is 0 Å². The van der Waals surface area contributed by atoms with Crippen LogP contribution in [0.4, 0.5) is 0 Å². The number of nitrogens with zero attached hydrogens (tertiary/aromatic N) is 1. The minimum absolute atomic E-state index is 0.0323. The van der Waals surface area contributed by atoms with E-state index in [4.69, 9.17) is 4.42 Å². The Morgan fingerprint density at radius 1 is 0.421 bits per heavy atom. The van der Waals surface area contributed by atoms with Crippen molar-refractivity contribution in [1.82, 2.24) is 20.5 Å². The Hall–Kier alpha value is -6.54. The zero-order chi connectivity index (χ0) is 37.5. The van der Waals surface area contributed by atoms with Gasteiger partial charge in [0.15, 0.2) is 0 Å². The molecule has 11 aromatic rings. The summed E-state index contributed by atoms with van der Waals surface area (Å²) in [6.07, 6.45) is -0.157. The first-order chi connectivity index (χ1) is 28.2. The van der Waals surface area contributed by atoms with Gasteiger partial charge in [0, 0.05) is 53.0 Å². The van der Waals surface area contributed by atoms with Crippen molar-refractivity contribution in [2.45, 2.75) is 18.5 Å². The fourth-order valence-corrected chi connectivity index (χ4v) is 10.2. The lowest BCUT2D eigenvalue weighted by atomic mass is 10.00. The van der Waals surface area contributed by atoms with Crippen molar-refractivity contribution < 1.29 is 4.42 Å². The van der Waals surface area contributed by atoms with Gasteiger partial charge in [-0.1, -0.05) is 140 Å². The Kier molecular flexibility index (Phi) is 7.46. The predicted molar refractivity (Wildman–Crippen MR) is 237 cm³/mol. The van der Waals surface area contributed by atoms with E-state index in [1.54, 1.807) is 0 Å². The Bertz CT molecular complexity index is 3210. The molecule has 1 aliphatic rings. The van der Waals surface area contributed by atoms with E-state index in [2.05, 4.69) is 203 Å². The zero-order valence-electron chi connectivity index (χ0n) is 30.8. The van der Waals surface area contributed by atoms with E-state index in [0.717, 1.165) is 38.6 Å². The first kappa shape index (κ1) is 32.7. The first-order valence-electron chi connectivity index (χ1n) is 19.5. The summed E-state index contributed by atoms with van der Waals surface area (Å²) in [4.78, 5) is 0. The topological polar surface area (TPSA) is 54.2 Å². The molecule has 1 saturated heterocycles. The van der Waals surface area contributed by atoms with Crippen LogP contribution in [0.1, 0.15) is 35.2 Å². The maximum atomic E-state index is 6.71. The number of rotatable bonds is 5. The second-order valence-corrected chi connectivity index (χ2v) is 16.1. The molecule has 0 amide bonds. The summed E-state index contributed by atoms with van der Waals surface area (Å²) in [5, 5.41) is 18.8. The van der Waals surface area contributed by atoms with Crippen LogP contribution in [0.15, 0.2) is 186 Å². The third-order valence-electron chi connectivity index (χ3n) is 11.7. The van der Waals surface area contributed by atoms with Crippen LogP contribution in [0, 0.1) is 0 Å². The molecule has 3 N–H and O–H groups in total. The standard InChI is InChI=1S/C51H36N4OS/c1-3-12-31(13-4-1)49-52-50(32-14-5-2-6-15-32)54-51(53-49)34-23-27-45-42(28-34)41-19-11-18-36(48(41)56-45)33-22-25-39-40-26-24-35(30-47(40)57-46(39)29-33)55-43-20-9-7-16-37(43)38-17-8-10-21-44(38)55/h1-30,49-54H. The van der Waals surface area contributed by atoms with Crippen molar-refractivity contribution >= 4 is 75.3 Å². The normalized spacial score (nSPS) is 17.4. The number of para-hydroxylation sites is 3. The molecule has 5 nitrogen and oxygen atoms in total. The van der Waals surface area contributed by atoms with Crippen LogP contribution in [0.3, 0.4) is 0 Å². The van der Waals surface area contributed by atoms with Crippen LogP contribution >= 0.6 is 11.3 Å². The second kappa shape index (κ2) is 13.0. The average molecular weight is 753 g/mol. The molecule has 2 unspecified atom stereocenters. The van der Waals surface area contributed by atoms with E-state index >= 15 is 0 Å². The van der Waals surface area contributed by atoms with Gasteiger partial charge in [-0.25, -0.2) is 0 Å². The Balaban J connectivity index is 0.919. The molecule has 1 aliphatic heterocycles. The molecule has 6 heteroatoms. The van der Waals surface area contributed by atoms with Gasteiger partial charge in [-0.2, -0.15) is 0 Å². The predicted octanol–water partition coefficient (Wildman–Crippen LogP) is 12.9. The third kappa shape index (κ3) is 5.34. The molecular formula is C51H36N4OS. The summed E-state index contributed by atoms with van der Waals surface area (Å²) in [5.41, 5.74) is 11.2. The first-order valence-corrected chi connectivity index (χ1v) is 20.3. The molecule has 0 radical (unpaired) electrons. The summed E-state index contributed by atoms with van der Waals surface area (Å²) < 4.78 is 11.6. The maximum absolute atomic E-state index is 6.71. The summed E-state index contributed by atoms with van der Waals surface area (Å²) in [7, 11) is 0. The minimum Gasteiger partial charge on any atom is -0.455 e. The molecule has 4 heterocycles. The SMILES string of the molecule is c1ccc(C2NC(c3ccccc3)NC(c3ccc4oc5c(-c6ccc7c(c6)sc6cc(-n8c9ccccc9c9ccccc98)ccc67)cccc5c4c3)N2)cc1. The van der Waals surface area contributed by atoms with E-state index in [1.165, 1.54) is 58.8 Å². The number of aromatic nitrogens is 1. The third-order valence-corrected chi connectivity index (χ3v) is 12.8. The Labute approximate surface area is 332 Å². The Morgan fingerprint density at radius 2 is 1.00 bits per heavy atom. The van der Waals surface area contributed by atoms with E-state index in [9.17, 15) is 0 Å². The molecule has 0 aliphatic carbocycles. The van der Waals surface area contributed by atoms with Crippen molar-refractivity contribution in [3.63, 3.8) is 0 Å². The van der Waals surface area contributed by atoms with Crippen LogP contribution in [0.2, 0.25) is 0 Å². The van der Waals surface area contributed by atoms with E-state index in [1.807, 2.05) is 11.3 Å². The molecule has 1 fully saturated rings. The smallest absolute Gasteiger partial charge is 0.143 e. The van der Waals surface area contributed by atoms with Crippen molar-refractivity contribution in [3.05, 3.63) is 199 Å². The van der Waals surface area contributed by atoms with Gasteiger partial charge in [0.1, 0.15) is 11.2 Å². The average Bonchev–Trinajstić information content (AvgIpc) is 3.95. The second-order valence-electron chi connectivity index (χ2n) is 15.0. The fourth-order valence-electron chi connectivity index (χ4n) is 9.01. The molecule has 3 aromatic heterocycles. The summed E-state index contributed by atoms with van der Waals surface area (Å²) in [5.74, 6) is 0. The molecule has 0 spiro atoms. The number of fused-ring (bicyclic) bond motifs is 9. The van der Waals surface area contributed by atoms with Gasteiger partial charge in [-0.05, 0) is 64.7 Å². The van der Waals surface area contributed by atoms with Crippen molar-refractivity contribution in [2.24, 2.45) is 0 Å². The summed E-state index contributed by atoms with van der Waals surface area (Å²) in [6.45, 7) is 0. The van der Waals surface area contributed by atoms with Gasteiger partial charge in [-0.15, -0.1) is 11.3 Å². The van der Waals surface area contributed by atoms with Gasteiger partial charge in [0.25, 0.3) is 0 Å². The molecule has 2 atom stereocenters. The van der Waals surface area contributed by atoms with Gasteiger partial charge in [0.2, 0.25) is 0 Å². The van der Waals surface area contributed by atoms with E-state index in [-0.39, 0.29) is 18.5 Å². The number of benzene rings is 8. The largest absolute Gasteiger partial charge is 0.455 e. The highest BCUT2D eigenvalue weighted by atomic mass is 32.1. The highest BCUT2D eigenvalue weighted by Gasteiger charge is 2.30. The molecule has 12 rings (SSSR count). The minimum atomic E-state index is -0.0926. The van der Waals surface area contributed by atoms with Crippen molar-refractivity contribution in [1.29, 1.82) is 0 Å². The molecule has 272 valence electrons. The van der Waals surface area contributed by atoms with Gasteiger partial charge < -0.3 is 8.98 Å². The van der Waals surface area contributed by atoms with Gasteiger partial charge in [-0.3, -0.25) is 16.0 Å². The molecule has 57 heavy (non-hydrogen) atoms. The Morgan fingerprint density at radius 3 is 1.68 bits per heavy atom. The lowest BCUT2D eigenvalue weighted by molar-refractivity contribution is 0.203. The molecular weight excluding hydrogens is 717 g/mol. The fraction of sp³-hybridized carbons (Fsp3) is 0.0588. The van der Waals surface area contributed by atoms with Crippen LogP contribution in [0.5, 0.6) is 0 Å². The number of thiophene rings is 1. The van der Waals surface area contributed by atoms with Crippen LogP contribution < -0.4 is 16.0 Å². The maximum Gasteiger partial charge on any atom is 0.143 e. The lowest BCUT2D eigenvalue weighted by Crippen LogP contribution is -2.54. The van der Waals surface area contributed by atoms with Gasteiger partial charge in [0.05, 0.1) is 29.5 Å². The van der Waals surface area contributed by atoms with Crippen molar-refractivity contribution in [2.75, 3.05) is 0 Å². The molecule has 0 bridgehead atoms. The summed E-state index contributed by atoms with van der Waals surface area (Å²) >= 11 is 1.85. The van der Waals surface area contributed by atoms with E-state index in [0.29, 0.717) is 0 Å². The molecule has 0 saturated carbocycles. The van der Waals surface area contributed by atoms with Crippen molar-refractivity contribution in [3.8, 4) is 16.8 Å². The summed E-state index contributed by atoms with van der Waals surface area (Å²) in [6, 6.07) is 65.5. The monoisotopic (exact) mass is 752 g/mol. The number of furan rings is 1. The number of nitrogens with one attached hydrogen (secondary N) is 3. The molecule has 8 aromatic carbocycles. The van der Waals surface area contributed by atoms with Crippen LogP contribution in [0.25, 0.3) is 80.7 Å². The highest BCUT2D eigenvalue weighted by Crippen LogP contribution is 2.42. The van der Waals surface area contributed by atoms with Crippen LogP contribution in [-0.2, 0) is 0 Å². The van der Waals surface area contributed by atoms with Gasteiger partial charge >= 0.3 is 0 Å². The highest BCUT2D eigenvalue weighted by molar-refractivity contribution is 7.25. The lowest BCUT2D eigenvalue weighted by Gasteiger charge is -2.39.